The van der Waals surface area contributed by atoms with Crippen LogP contribution in [0.3, 0.4) is 0 Å². The van der Waals surface area contributed by atoms with Crippen LogP contribution in [0.1, 0.15) is 15.2 Å². The van der Waals surface area contributed by atoms with Crippen LogP contribution in [0.5, 0.6) is 5.75 Å². The summed E-state index contributed by atoms with van der Waals surface area (Å²) in [5.74, 6) is 1.30. The number of nitrogens with zero attached hydrogens (tertiary/aromatic N) is 3. The summed E-state index contributed by atoms with van der Waals surface area (Å²) in [6.45, 7) is 0.459. The lowest BCUT2D eigenvalue weighted by Crippen LogP contribution is -2.11. The maximum Gasteiger partial charge on any atom is 0.268 e. The number of carbonyl (C=O) groups excluding carboxylic acids is 1. The standard InChI is InChI=1S/C19H13N5O2S/c25-18(22-19-21-17(23-24-19)13-6-3-4-8-20-13)15-9-11-10-26-14-7-2-1-5-12(14)16(11)27-15/h1-9H,10H2,(H2,21,22,23,24,25). The van der Waals surface area contributed by atoms with E-state index >= 15 is 0 Å². The van der Waals surface area contributed by atoms with Gasteiger partial charge >= 0.3 is 0 Å². The molecular weight excluding hydrogens is 362 g/mol. The lowest BCUT2D eigenvalue weighted by atomic mass is 10.1. The van der Waals surface area contributed by atoms with E-state index in [0.29, 0.717) is 23.0 Å². The molecule has 1 aliphatic rings. The molecule has 2 N–H and O–H groups in total. The van der Waals surface area contributed by atoms with Crippen LogP contribution in [0.4, 0.5) is 5.95 Å². The second-order valence-corrected chi connectivity index (χ2v) is 6.98. The summed E-state index contributed by atoms with van der Waals surface area (Å²) in [5.41, 5.74) is 2.68. The fourth-order valence-electron chi connectivity index (χ4n) is 2.91. The molecule has 27 heavy (non-hydrogen) atoms. The zero-order valence-corrected chi connectivity index (χ0v) is 14.8. The highest BCUT2D eigenvalue weighted by Crippen LogP contribution is 2.42. The van der Waals surface area contributed by atoms with Gasteiger partial charge in [-0.1, -0.05) is 18.2 Å². The molecule has 0 bridgehead atoms. The smallest absolute Gasteiger partial charge is 0.268 e. The van der Waals surface area contributed by atoms with Gasteiger partial charge in [-0.05, 0) is 30.3 Å². The Morgan fingerprint density at radius 1 is 1.19 bits per heavy atom. The van der Waals surface area contributed by atoms with Gasteiger partial charge < -0.3 is 4.74 Å². The van der Waals surface area contributed by atoms with Gasteiger partial charge in [0.1, 0.15) is 18.1 Å². The van der Waals surface area contributed by atoms with Crippen molar-refractivity contribution >= 4 is 23.2 Å². The van der Waals surface area contributed by atoms with Gasteiger partial charge in [0, 0.05) is 22.2 Å². The van der Waals surface area contributed by atoms with Crippen LogP contribution >= 0.6 is 11.3 Å². The SMILES string of the molecule is O=C(Nc1n[nH]c(-c2ccccn2)n1)c1cc2c(s1)-c1ccccc1OC2. The number of rotatable bonds is 3. The number of pyridine rings is 1. The van der Waals surface area contributed by atoms with E-state index in [0.717, 1.165) is 21.8 Å². The van der Waals surface area contributed by atoms with Gasteiger partial charge in [0.15, 0.2) is 5.82 Å². The molecule has 0 aliphatic carbocycles. The molecule has 5 rings (SSSR count). The number of benzene rings is 1. The molecule has 7 nitrogen and oxygen atoms in total. The molecule has 4 heterocycles. The first-order valence-corrected chi connectivity index (χ1v) is 9.09. The molecule has 0 fully saturated rings. The second-order valence-electron chi connectivity index (χ2n) is 5.93. The van der Waals surface area contributed by atoms with Crippen molar-refractivity contribution in [2.24, 2.45) is 0 Å². The predicted octanol–water partition coefficient (Wildman–Crippen LogP) is 3.74. The number of H-pyrrole nitrogens is 1. The summed E-state index contributed by atoms with van der Waals surface area (Å²) in [4.78, 5) is 22.8. The molecule has 4 aromatic rings. The topological polar surface area (TPSA) is 92.8 Å². The third kappa shape index (κ3) is 2.85. The minimum absolute atomic E-state index is 0.212. The van der Waals surface area contributed by atoms with Crippen molar-refractivity contribution in [3.8, 4) is 27.7 Å². The van der Waals surface area contributed by atoms with Crippen molar-refractivity contribution in [3.05, 3.63) is 65.2 Å². The van der Waals surface area contributed by atoms with Crippen molar-refractivity contribution in [1.29, 1.82) is 0 Å². The van der Waals surface area contributed by atoms with Crippen LogP contribution in [-0.2, 0) is 6.61 Å². The molecular formula is C19H13N5O2S. The van der Waals surface area contributed by atoms with E-state index in [1.807, 2.05) is 48.5 Å². The Morgan fingerprint density at radius 3 is 2.96 bits per heavy atom. The lowest BCUT2D eigenvalue weighted by molar-refractivity contribution is 0.102. The molecule has 0 saturated heterocycles. The van der Waals surface area contributed by atoms with Crippen LogP contribution in [0.2, 0.25) is 0 Å². The molecule has 8 heteroatoms. The van der Waals surface area contributed by atoms with Gasteiger partial charge in [-0.2, -0.15) is 4.98 Å². The zero-order valence-electron chi connectivity index (χ0n) is 14.0. The number of nitrogens with one attached hydrogen (secondary N) is 2. The molecule has 1 aliphatic heterocycles. The Morgan fingerprint density at radius 2 is 2.07 bits per heavy atom. The third-order valence-electron chi connectivity index (χ3n) is 4.17. The Labute approximate surface area is 158 Å². The maximum atomic E-state index is 12.6. The van der Waals surface area contributed by atoms with Crippen molar-refractivity contribution in [3.63, 3.8) is 0 Å². The van der Waals surface area contributed by atoms with Gasteiger partial charge in [-0.3, -0.25) is 20.2 Å². The average Bonchev–Trinajstić information content (AvgIpc) is 3.36. The number of hydrogen-bond donors (Lipinski definition) is 2. The highest BCUT2D eigenvalue weighted by molar-refractivity contribution is 7.17. The fraction of sp³-hybridized carbons (Fsp3) is 0.0526. The number of hydrogen-bond acceptors (Lipinski definition) is 6. The van der Waals surface area contributed by atoms with Crippen molar-refractivity contribution in [2.45, 2.75) is 6.61 Å². The molecule has 0 atom stereocenters. The van der Waals surface area contributed by atoms with Crippen LogP contribution in [0.25, 0.3) is 22.0 Å². The summed E-state index contributed by atoms with van der Waals surface area (Å²) in [6.07, 6.45) is 1.67. The number of thiophene rings is 1. The van der Waals surface area contributed by atoms with E-state index in [1.165, 1.54) is 11.3 Å². The van der Waals surface area contributed by atoms with Gasteiger partial charge in [0.05, 0.1) is 4.88 Å². The van der Waals surface area contributed by atoms with Crippen molar-refractivity contribution < 1.29 is 9.53 Å². The number of fused-ring (bicyclic) bond motifs is 3. The van der Waals surface area contributed by atoms with Gasteiger partial charge in [-0.15, -0.1) is 16.4 Å². The van der Waals surface area contributed by atoms with E-state index in [4.69, 9.17) is 4.74 Å². The minimum atomic E-state index is -0.251. The average molecular weight is 375 g/mol. The predicted molar refractivity (Wildman–Crippen MR) is 102 cm³/mol. The number of para-hydroxylation sites is 1. The summed E-state index contributed by atoms with van der Waals surface area (Å²) in [5, 5.41) is 9.56. The summed E-state index contributed by atoms with van der Waals surface area (Å²) < 4.78 is 5.75. The molecule has 0 unspecified atom stereocenters. The number of aromatic amines is 1. The number of aromatic nitrogens is 4. The first-order chi connectivity index (χ1) is 13.3. The zero-order chi connectivity index (χ0) is 18.2. The molecule has 1 aromatic carbocycles. The van der Waals surface area contributed by atoms with E-state index in [2.05, 4.69) is 25.5 Å². The van der Waals surface area contributed by atoms with Crippen LogP contribution in [0.15, 0.2) is 54.7 Å². The number of ether oxygens (including phenoxy) is 1. The third-order valence-corrected chi connectivity index (χ3v) is 5.38. The summed E-state index contributed by atoms with van der Waals surface area (Å²) in [7, 11) is 0. The number of amides is 1. The van der Waals surface area contributed by atoms with Gasteiger partial charge in [0.2, 0.25) is 5.95 Å². The van der Waals surface area contributed by atoms with E-state index in [9.17, 15) is 4.79 Å². The molecule has 0 saturated carbocycles. The van der Waals surface area contributed by atoms with Crippen molar-refractivity contribution in [2.75, 3.05) is 5.32 Å². The Balaban J connectivity index is 1.39. The van der Waals surface area contributed by atoms with E-state index in [-0.39, 0.29) is 11.9 Å². The van der Waals surface area contributed by atoms with Crippen LogP contribution in [-0.4, -0.2) is 26.1 Å². The highest BCUT2D eigenvalue weighted by Gasteiger charge is 2.23. The molecule has 1 amide bonds. The Bertz CT molecular complexity index is 1140. The quantitative estimate of drug-likeness (QED) is 0.569. The molecule has 132 valence electrons. The van der Waals surface area contributed by atoms with Crippen LogP contribution in [0, 0.1) is 0 Å². The first-order valence-electron chi connectivity index (χ1n) is 8.28. The highest BCUT2D eigenvalue weighted by atomic mass is 32.1. The maximum absolute atomic E-state index is 12.6. The summed E-state index contributed by atoms with van der Waals surface area (Å²) in [6, 6.07) is 15.2. The van der Waals surface area contributed by atoms with E-state index < -0.39 is 0 Å². The number of anilines is 1. The number of carbonyl (C=O) groups is 1. The molecule has 0 spiro atoms. The largest absolute Gasteiger partial charge is 0.488 e. The normalized spacial score (nSPS) is 12.0. The molecule has 3 aromatic heterocycles. The van der Waals surface area contributed by atoms with Crippen molar-refractivity contribution in [1.82, 2.24) is 20.2 Å². The van der Waals surface area contributed by atoms with Crippen LogP contribution < -0.4 is 10.1 Å². The first kappa shape index (κ1) is 15.7. The minimum Gasteiger partial charge on any atom is -0.488 e. The Hall–Kier alpha value is -3.52. The Kier molecular flexibility index (Phi) is 3.68. The monoisotopic (exact) mass is 375 g/mol. The fourth-order valence-corrected chi connectivity index (χ4v) is 4.00. The van der Waals surface area contributed by atoms with Gasteiger partial charge in [-0.25, -0.2) is 0 Å². The van der Waals surface area contributed by atoms with Gasteiger partial charge in [0.25, 0.3) is 5.91 Å². The molecule has 0 radical (unpaired) electrons. The summed E-state index contributed by atoms with van der Waals surface area (Å²) >= 11 is 1.44. The lowest BCUT2D eigenvalue weighted by Gasteiger charge is -2.16. The second kappa shape index (κ2) is 6.33. The van der Waals surface area contributed by atoms with E-state index in [1.54, 1.807) is 6.20 Å².